The van der Waals surface area contributed by atoms with E-state index in [4.69, 9.17) is 0 Å². The van der Waals surface area contributed by atoms with Crippen molar-refractivity contribution in [2.75, 3.05) is 45.2 Å². The van der Waals surface area contributed by atoms with Crippen molar-refractivity contribution in [3.8, 4) is 0 Å². The smallest absolute Gasteiger partial charge is 0.0402 e. The summed E-state index contributed by atoms with van der Waals surface area (Å²) in [4.78, 5) is 4.82. The Morgan fingerprint density at radius 3 is 2.74 bits per heavy atom. The van der Waals surface area contributed by atoms with E-state index in [2.05, 4.69) is 54.3 Å². The SMILES string of the molecule is CCCN(CCN(C)C)c1cccc2c1CCNC2. The molecule has 1 heterocycles. The molecule has 2 rings (SSSR count). The monoisotopic (exact) mass is 261 g/mol. The van der Waals surface area contributed by atoms with Crippen LogP contribution in [0.15, 0.2) is 18.2 Å². The van der Waals surface area contributed by atoms with Crippen molar-refractivity contribution < 1.29 is 0 Å². The normalized spacial score (nSPS) is 14.5. The highest BCUT2D eigenvalue weighted by Gasteiger charge is 2.16. The van der Waals surface area contributed by atoms with Gasteiger partial charge < -0.3 is 15.1 Å². The number of fused-ring (bicyclic) bond motifs is 1. The Morgan fingerprint density at radius 2 is 2.00 bits per heavy atom. The predicted octanol–water partition coefficient (Wildman–Crippen LogP) is 2.11. The standard InChI is InChI=1S/C16H27N3/c1-4-10-19(12-11-18(2)3)16-7-5-6-14-13-17-9-8-15(14)16/h5-7,17H,4,8-13H2,1-3H3. The molecule has 0 aliphatic carbocycles. The van der Waals surface area contributed by atoms with Gasteiger partial charge in [0.2, 0.25) is 0 Å². The molecule has 0 bridgehead atoms. The van der Waals surface area contributed by atoms with Crippen LogP contribution in [0.5, 0.6) is 0 Å². The lowest BCUT2D eigenvalue weighted by atomic mass is 9.98. The maximum atomic E-state index is 3.46. The third-order valence-corrected chi connectivity index (χ3v) is 3.77. The van der Waals surface area contributed by atoms with E-state index >= 15 is 0 Å². The molecule has 0 fully saturated rings. The number of likely N-dealkylation sites (N-methyl/N-ethyl adjacent to an activating group) is 1. The van der Waals surface area contributed by atoms with Crippen molar-refractivity contribution in [3.63, 3.8) is 0 Å². The Labute approximate surface area is 117 Å². The van der Waals surface area contributed by atoms with E-state index in [1.165, 1.54) is 17.7 Å². The fraction of sp³-hybridized carbons (Fsp3) is 0.625. The molecule has 0 radical (unpaired) electrons. The lowest BCUT2D eigenvalue weighted by Crippen LogP contribution is -2.34. The third kappa shape index (κ3) is 3.71. The van der Waals surface area contributed by atoms with Crippen molar-refractivity contribution in [2.45, 2.75) is 26.3 Å². The lowest BCUT2D eigenvalue weighted by Gasteiger charge is -2.30. The van der Waals surface area contributed by atoms with Gasteiger partial charge in [0, 0.05) is 31.9 Å². The lowest BCUT2D eigenvalue weighted by molar-refractivity contribution is 0.412. The second kappa shape index (κ2) is 6.92. The fourth-order valence-electron chi connectivity index (χ4n) is 2.75. The van der Waals surface area contributed by atoms with Crippen LogP contribution in [0.3, 0.4) is 0 Å². The van der Waals surface area contributed by atoms with E-state index in [9.17, 15) is 0 Å². The molecular formula is C16H27N3. The maximum absolute atomic E-state index is 3.46. The van der Waals surface area contributed by atoms with Crippen LogP contribution in [-0.2, 0) is 13.0 Å². The van der Waals surface area contributed by atoms with Crippen molar-refractivity contribution in [2.24, 2.45) is 0 Å². The van der Waals surface area contributed by atoms with Gasteiger partial charge in [-0.1, -0.05) is 19.1 Å². The highest BCUT2D eigenvalue weighted by atomic mass is 15.2. The van der Waals surface area contributed by atoms with Gasteiger partial charge in [0.1, 0.15) is 0 Å². The molecule has 19 heavy (non-hydrogen) atoms. The number of hydrogen-bond donors (Lipinski definition) is 1. The molecule has 3 heteroatoms. The minimum Gasteiger partial charge on any atom is -0.370 e. The molecule has 0 saturated carbocycles. The summed E-state index contributed by atoms with van der Waals surface area (Å²) in [6.07, 6.45) is 2.36. The first kappa shape index (κ1) is 14.4. The van der Waals surface area contributed by atoms with Crippen molar-refractivity contribution >= 4 is 5.69 Å². The van der Waals surface area contributed by atoms with Crippen molar-refractivity contribution in [1.29, 1.82) is 0 Å². The number of hydrogen-bond acceptors (Lipinski definition) is 3. The molecule has 0 aromatic heterocycles. The zero-order chi connectivity index (χ0) is 13.7. The minimum atomic E-state index is 1.02. The van der Waals surface area contributed by atoms with Gasteiger partial charge in [-0.2, -0.15) is 0 Å². The van der Waals surface area contributed by atoms with Gasteiger partial charge in [-0.15, -0.1) is 0 Å². The first-order valence-electron chi connectivity index (χ1n) is 7.43. The number of nitrogens with one attached hydrogen (secondary N) is 1. The maximum Gasteiger partial charge on any atom is 0.0402 e. The molecule has 1 aromatic carbocycles. The third-order valence-electron chi connectivity index (χ3n) is 3.77. The topological polar surface area (TPSA) is 18.5 Å². The number of benzene rings is 1. The Morgan fingerprint density at radius 1 is 1.16 bits per heavy atom. The molecule has 1 aromatic rings. The second-order valence-electron chi connectivity index (χ2n) is 5.63. The zero-order valence-electron chi connectivity index (χ0n) is 12.6. The van der Waals surface area contributed by atoms with Crippen molar-refractivity contribution in [3.05, 3.63) is 29.3 Å². The van der Waals surface area contributed by atoms with Gasteiger partial charge in [0.25, 0.3) is 0 Å². The van der Waals surface area contributed by atoms with E-state index in [0.29, 0.717) is 0 Å². The van der Waals surface area contributed by atoms with E-state index in [1.807, 2.05) is 0 Å². The minimum absolute atomic E-state index is 1.02. The molecule has 0 amide bonds. The van der Waals surface area contributed by atoms with Gasteiger partial charge in [-0.25, -0.2) is 0 Å². The van der Waals surface area contributed by atoms with Crippen LogP contribution in [0.2, 0.25) is 0 Å². The highest BCUT2D eigenvalue weighted by molar-refractivity contribution is 5.57. The van der Waals surface area contributed by atoms with Crippen molar-refractivity contribution in [1.82, 2.24) is 10.2 Å². The first-order valence-corrected chi connectivity index (χ1v) is 7.43. The van der Waals surface area contributed by atoms with E-state index in [1.54, 1.807) is 5.56 Å². The van der Waals surface area contributed by atoms with Crippen LogP contribution in [0.25, 0.3) is 0 Å². The van der Waals surface area contributed by atoms with Crippen LogP contribution in [0.1, 0.15) is 24.5 Å². The van der Waals surface area contributed by atoms with E-state index < -0.39 is 0 Å². The molecule has 106 valence electrons. The van der Waals surface area contributed by atoms with Crippen LogP contribution in [0, 0.1) is 0 Å². The summed E-state index contributed by atoms with van der Waals surface area (Å²) >= 11 is 0. The molecular weight excluding hydrogens is 234 g/mol. The first-order chi connectivity index (χ1) is 9.22. The average molecular weight is 261 g/mol. The summed E-state index contributed by atoms with van der Waals surface area (Å²) in [5.41, 5.74) is 4.51. The molecule has 0 unspecified atom stereocenters. The van der Waals surface area contributed by atoms with E-state index in [0.717, 1.165) is 39.1 Å². The summed E-state index contributed by atoms with van der Waals surface area (Å²) < 4.78 is 0. The van der Waals surface area contributed by atoms with Gasteiger partial charge in [0.05, 0.1) is 0 Å². The van der Waals surface area contributed by atoms with Crippen LogP contribution >= 0.6 is 0 Å². The van der Waals surface area contributed by atoms with E-state index in [-0.39, 0.29) is 0 Å². The second-order valence-corrected chi connectivity index (χ2v) is 5.63. The summed E-state index contributed by atoms with van der Waals surface area (Å²) in [5, 5.41) is 3.46. The molecule has 0 atom stereocenters. The Balaban J connectivity index is 2.20. The molecule has 0 spiro atoms. The number of rotatable bonds is 6. The average Bonchev–Trinajstić information content (AvgIpc) is 2.43. The highest BCUT2D eigenvalue weighted by Crippen LogP contribution is 2.26. The summed E-state index contributed by atoms with van der Waals surface area (Å²) in [5.74, 6) is 0. The van der Waals surface area contributed by atoms with Gasteiger partial charge in [-0.3, -0.25) is 0 Å². The Kier molecular flexibility index (Phi) is 5.23. The van der Waals surface area contributed by atoms with Gasteiger partial charge in [0.15, 0.2) is 0 Å². The Bertz CT molecular complexity index is 401. The molecule has 1 aliphatic heterocycles. The predicted molar refractivity (Wildman–Crippen MR) is 82.9 cm³/mol. The zero-order valence-corrected chi connectivity index (χ0v) is 12.6. The fourth-order valence-corrected chi connectivity index (χ4v) is 2.75. The van der Waals surface area contributed by atoms with Crippen LogP contribution in [0.4, 0.5) is 5.69 Å². The largest absolute Gasteiger partial charge is 0.370 e. The van der Waals surface area contributed by atoms with Gasteiger partial charge in [-0.05, 0) is 50.7 Å². The quantitative estimate of drug-likeness (QED) is 0.846. The molecule has 3 nitrogen and oxygen atoms in total. The molecule has 1 aliphatic rings. The Hall–Kier alpha value is -1.06. The summed E-state index contributed by atoms with van der Waals surface area (Å²) in [7, 11) is 4.29. The summed E-state index contributed by atoms with van der Waals surface area (Å²) in [6, 6.07) is 6.77. The summed E-state index contributed by atoms with van der Waals surface area (Å²) in [6.45, 7) is 7.78. The number of anilines is 1. The van der Waals surface area contributed by atoms with Crippen LogP contribution in [-0.4, -0.2) is 45.2 Å². The van der Waals surface area contributed by atoms with Crippen LogP contribution < -0.4 is 10.2 Å². The number of nitrogens with zero attached hydrogens (tertiary/aromatic N) is 2. The van der Waals surface area contributed by atoms with Gasteiger partial charge >= 0.3 is 0 Å². The molecule has 1 N–H and O–H groups in total. The molecule has 0 saturated heterocycles.